The Bertz CT molecular complexity index is 640. The van der Waals surface area contributed by atoms with E-state index in [0.29, 0.717) is 48.1 Å². The minimum atomic E-state index is -0.968. The maximum Gasteiger partial charge on any atom is 0.240 e. The zero-order chi connectivity index (χ0) is 17.9. The van der Waals surface area contributed by atoms with Crippen LogP contribution in [-0.2, 0) is 9.59 Å². The SMILES string of the molecule is CCN(CC)C(=O)C1(C(=O)Nc2cc(OC)c(Cl)cc2OC)CC1. The third-order valence-electron chi connectivity index (χ3n) is 4.37. The molecule has 132 valence electrons. The van der Waals surface area contributed by atoms with Gasteiger partial charge in [-0.15, -0.1) is 0 Å². The van der Waals surface area contributed by atoms with Crippen LogP contribution in [-0.4, -0.2) is 44.0 Å². The van der Waals surface area contributed by atoms with Gasteiger partial charge in [0.05, 0.1) is 24.9 Å². The van der Waals surface area contributed by atoms with Gasteiger partial charge in [0.2, 0.25) is 11.8 Å². The molecule has 2 amide bonds. The highest BCUT2D eigenvalue weighted by Gasteiger charge is 2.57. The number of ether oxygens (including phenoxy) is 2. The fraction of sp³-hybridized carbons (Fsp3) is 0.529. The molecule has 1 aromatic carbocycles. The normalized spacial score (nSPS) is 14.7. The van der Waals surface area contributed by atoms with Gasteiger partial charge < -0.3 is 19.7 Å². The number of anilines is 1. The van der Waals surface area contributed by atoms with Crippen molar-refractivity contribution in [2.45, 2.75) is 26.7 Å². The highest BCUT2D eigenvalue weighted by molar-refractivity contribution is 6.32. The van der Waals surface area contributed by atoms with Gasteiger partial charge in [0.25, 0.3) is 0 Å². The molecule has 1 saturated carbocycles. The highest BCUT2D eigenvalue weighted by atomic mass is 35.5. The number of carbonyl (C=O) groups is 2. The third kappa shape index (κ3) is 3.29. The number of halogens is 1. The number of nitrogens with zero attached hydrogens (tertiary/aromatic N) is 1. The van der Waals surface area contributed by atoms with Crippen LogP contribution in [0.5, 0.6) is 11.5 Å². The van der Waals surface area contributed by atoms with Crippen LogP contribution in [0, 0.1) is 5.41 Å². The molecule has 1 N–H and O–H groups in total. The third-order valence-corrected chi connectivity index (χ3v) is 4.66. The number of hydrogen-bond acceptors (Lipinski definition) is 4. The molecule has 0 bridgehead atoms. The van der Waals surface area contributed by atoms with E-state index in [1.54, 1.807) is 17.0 Å². The van der Waals surface area contributed by atoms with E-state index in [0.717, 1.165) is 0 Å². The molecule has 0 aliphatic heterocycles. The molecule has 0 unspecified atom stereocenters. The van der Waals surface area contributed by atoms with Crippen LogP contribution in [0.15, 0.2) is 12.1 Å². The van der Waals surface area contributed by atoms with Crippen LogP contribution in [0.2, 0.25) is 5.02 Å². The molecule has 0 spiro atoms. The van der Waals surface area contributed by atoms with Crippen molar-refractivity contribution >= 4 is 29.1 Å². The minimum Gasteiger partial charge on any atom is -0.495 e. The van der Waals surface area contributed by atoms with Crippen LogP contribution < -0.4 is 14.8 Å². The van der Waals surface area contributed by atoms with Crippen LogP contribution in [0.4, 0.5) is 5.69 Å². The summed E-state index contributed by atoms with van der Waals surface area (Å²) in [5, 5.41) is 3.18. The zero-order valence-corrected chi connectivity index (χ0v) is 15.2. The van der Waals surface area contributed by atoms with Gasteiger partial charge in [-0.1, -0.05) is 11.6 Å². The molecule has 6 nitrogen and oxygen atoms in total. The molecular weight excluding hydrogens is 332 g/mol. The van der Waals surface area contributed by atoms with E-state index in [4.69, 9.17) is 21.1 Å². The standard InChI is InChI=1S/C17H23ClN2O4/c1-5-20(6-2)16(22)17(7-8-17)15(21)19-12-10-13(23-3)11(18)9-14(12)24-4/h9-10H,5-8H2,1-4H3,(H,19,21). The summed E-state index contributed by atoms with van der Waals surface area (Å²) in [5.74, 6) is 0.403. The summed E-state index contributed by atoms with van der Waals surface area (Å²) in [6, 6.07) is 3.17. The lowest BCUT2D eigenvalue weighted by atomic mass is 10.0. The second-order valence-electron chi connectivity index (χ2n) is 5.70. The van der Waals surface area contributed by atoms with Crippen molar-refractivity contribution in [1.82, 2.24) is 4.90 Å². The Labute approximate surface area is 147 Å². The largest absolute Gasteiger partial charge is 0.495 e. The van der Waals surface area contributed by atoms with E-state index in [9.17, 15) is 9.59 Å². The molecule has 1 aromatic rings. The van der Waals surface area contributed by atoms with Gasteiger partial charge in [0.15, 0.2) is 0 Å². The summed E-state index contributed by atoms with van der Waals surface area (Å²) in [4.78, 5) is 27.1. The Hall–Kier alpha value is -1.95. The molecule has 1 aliphatic rings. The van der Waals surface area contributed by atoms with Crippen molar-refractivity contribution in [2.24, 2.45) is 5.41 Å². The van der Waals surface area contributed by atoms with Crippen molar-refractivity contribution in [3.8, 4) is 11.5 Å². The monoisotopic (exact) mass is 354 g/mol. The molecule has 0 radical (unpaired) electrons. The van der Waals surface area contributed by atoms with Gasteiger partial charge in [0.1, 0.15) is 16.9 Å². The van der Waals surface area contributed by atoms with Gasteiger partial charge in [-0.25, -0.2) is 0 Å². The maximum atomic E-state index is 12.7. The van der Waals surface area contributed by atoms with Crippen LogP contribution >= 0.6 is 11.6 Å². The maximum absolute atomic E-state index is 12.7. The lowest BCUT2D eigenvalue weighted by Crippen LogP contribution is -2.42. The summed E-state index contributed by atoms with van der Waals surface area (Å²) in [5.41, 5.74) is -0.536. The summed E-state index contributed by atoms with van der Waals surface area (Å²) >= 11 is 6.07. The highest BCUT2D eigenvalue weighted by Crippen LogP contribution is 2.49. The molecule has 1 aliphatic carbocycles. The van der Waals surface area contributed by atoms with Gasteiger partial charge in [-0.05, 0) is 26.7 Å². The van der Waals surface area contributed by atoms with E-state index in [2.05, 4.69) is 5.32 Å². The van der Waals surface area contributed by atoms with Gasteiger partial charge in [-0.2, -0.15) is 0 Å². The summed E-state index contributed by atoms with van der Waals surface area (Å²) in [6.07, 6.45) is 1.11. The van der Waals surface area contributed by atoms with E-state index in [1.165, 1.54) is 14.2 Å². The number of methoxy groups -OCH3 is 2. The smallest absolute Gasteiger partial charge is 0.240 e. The Morgan fingerprint density at radius 1 is 1.17 bits per heavy atom. The summed E-state index contributed by atoms with van der Waals surface area (Å²) in [7, 11) is 2.98. The topological polar surface area (TPSA) is 67.9 Å². The Morgan fingerprint density at radius 2 is 1.75 bits per heavy atom. The number of carbonyl (C=O) groups excluding carboxylic acids is 2. The number of hydrogen-bond donors (Lipinski definition) is 1. The second-order valence-corrected chi connectivity index (χ2v) is 6.11. The molecule has 7 heteroatoms. The van der Waals surface area contributed by atoms with Gasteiger partial charge >= 0.3 is 0 Å². The summed E-state index contributed by atoms with van der Waals surface area (Å²) < 4.78 is 10.4. The number of nitrogens with one attached hydrogen (secondary N) is 1. The van der Waals surface area contributed by atoms with E-state index in [-0.39, 0.29) is 11.8 Å². The lowest BCUT2D eigenvalue weighted by Gasteiger charge is -2.24. The van der Waals surface area contributed by atoms with Crippen LogP contribution in [0.1, 0.15) is 26.7 Å². The molecule has 24 heavy (non-hydrogen) atoms. The Balaban J connectivity index is 2.25. The first-order valence-electron chi connectivity index (χ1n) is 7.95. The van der Waals surface area contributed by atoms with Crippen molar-refractivity contribution in [1.29, 1.82) is 0 Å². The van der Waals surface area contributed by atoms with E-state index < -0.39 is 5.41 Å². The van der Waals surface area contributed by atoms with E-state index in [1.807, 2.05) is 13.8 Å². The number of amides is 2. The average Bonchev–Trinajstić information content (AvgIpc) is 3.38. The molecule has 0 heterocycles. The molecule has 2 rings (SSSR count). The minimum absolute atomic E-state index is 0.120. The number of rotatable bonds is 7. The predicted molar refractivity (Wildman–Crippen MR) is 92.8 cm³/mol. The van der Waals surface area contributed by atoms with Crippen molar-refractivity contribution < 1.29 is 19.1 Å². The van der Waals surface area contributed by atoms with Crippen LogP contribution in [0.25, 0.3) is 0 Å². The molecular formula is C17H23ClN2O4. The first-order chi connectivity index (χ1) is 11.4. The Morgan fingerprint density at radius 3 is 2.21 bits per heavy atom. The lowest BCUT2D eigenvalue weighted by molar-refractivity contribution is -0.141. The van der Waals surface area contributed by atoms with Gasteiger partial charge in [0, 0.05) is 25.2 Å². The summed E-state index contributed by atoms with van der Waals surface area (Å²) in [6.45, 7) is 4.98. The molecule has 0 aromatic heterocycles. The Kier molecular flexibility index (Phi) is 5.59. The van der Waals surface area contributed by atoms with Crippen molar-refractivity contribution in [3.05, 3.63) is 17.2 Å². The fourth-order valence-electron chi connectivity index (χ4n) is 2.68. The quantitative estimate of drug-likeness (QED) is 0.764. The van der Waals surface area contributed by atoms with Crippen molar-refractivity contribution in [2.75, 3.05) is 32.6 Å². The van der Waals surface area contributed by atoms with Crippen LogP contribution in [0.3, 0.4) is 0 Å². The predicted octanol–water partition coefficient (Wildman–Crippen LogP) is 2.94. The molecule has 0 atom stereocenters. The molecule has 0 saturated heterocycles. The van der Waals surface area contributed by atoms with E-state index >= 15 is 0 Å². The second kappa shape index (κ2) is 7.30. The molecule has 1 fully saturated rings. The first kappa shape index (κ1) is 18.4. The van der Waals surface area contributed by atoms with Crippen molar-refractivity contribution in [3.63, 3.8) is 0 Å². The first-order valence-corrected chi connectivity index (χ1v) is 8.33. The zero-order valence-electron chi connectivity index (χ0n) is 14.4. The average molecular weight is 355 g/mol. The number of benzene rings is 1. The van der Waals surface area contributed by atoms with Gasteiger partial charge in [-0.3, -0.25) is 9.59 Å². The fourth-order valence-corrected chi connectivity index (χ4v) is 2.91.